The lowest BCUT2D eigenvalue weighted by molar-refractivity contribution is 0.0817. The number of hydrogen-bond donors (Lipinski definition) is 0. The van der Waals surface area contributed by atoms with Gasteiger partial charge in [-0.15, -0.1) is 12.8 Å². The molecule has 0 saturated carbocycles. The monoisotopic (exact) mass is 644 g/mol. The molecule has 0 unspecified atom stereocenters. The molecule has 0 radical (unpaired) electrons. The highest BCUT2D eigenvalue weighted by molar-refractivity contribution is 6.49. The molecule has 0 heterocycles. The second-order valence-electron chi connectivity index (χ2n) is 10.9. The molecule has 4 nitrogen and oxygen atoms in total. The van der Waals surface area contributed by atoms with E-state index in [0.717, 1.165) is 11.1 Å². The maximum Gasteiger partial charge on any atom is 0.233 e. The van der Waals surface area contributed by atoms with Gasteiger partial charge in [0.15, 0.2) is 0 Å². The topological polar surface area (TPSA) is 68.3 Å². The summed E-state index contributed by atoms with van der Waals surface area (Å²) in [6.07, 6.45) is 9.80. The third-order valence-corrected chi connectivity index (χ3v) is 5.44. The van der Waals surface area contributed by atoms with Gasteiger partial charge in [-0.2, -0.15) is 0 Å². The van der Waals surface area contributed by atoms with Crippen molar-refractivity contribution in [2.24, 2.45) is 0 Å². The number of benzene rings is 2. The number of rotatable bonds is 3. The van der Waals surface area contributed by atoms with Crippen LogP contribution < -0.4 is 0 Å². The lowest BCUT2D eigenvalue weighted by Crippen LogP contribution is -2.16. The van der Waals surface area contributed by atoms with Crippen LogP contribution in [0, 0.1) is 141 Å². The van der Waals surface area contributed by atoms with E-state index in [4.69, 9.17) is 22.8 Å². The Hall–Kier alpha value is -7.46. The lowest BCUT2D eigenvalue weighted by Gasteiger charge is -2.19. The number of carbonyl (C=O) groups is 2. The smallest absolute Gasteiger partial charge is 0.233 e. The minimum absolute atomic E-state index is 0. The zero-order chi connectivity index (χ0) is 36.3. The van der Waals surface area contributed by atoms with Crippen LogP contribution in [0.1, 0.15) is 90.5 Å². The van der Waals surface area contributed by atoms with Crippen LogP contribution in [0.15, 0.2) is 48.5 Å². The predicted molar refractivity (Wildman–Crippen MR) is 219 cm³/mol. The fourth-order valence-electron chi connectivity index (χ4n) is 3.08. The highest BCUT2D eigenvalue weighted by Gasteiger charge is 2.21. The highest BCUT2D eigenvalue weighted by atomic mass is 16.7. The second-order valence-corrected chi connectivity index (χ2v) is 10.9. The van der Waals surface area contributed by atoms with E-state index in [-0.39, 0.29) is 27.9 Å². The molecule has 0 aliphatic rings. The van der Waals surface area contributed by atoms with E-state index in [1.54, 1.807) is 24.3 Å². The first kappa shape index (κ1) is 40.5. The fraction of sp³-hybridized carbons (Fsp3) is 0.182. The van der Waals surface area contributed by atoms with Crippen molar-refractivity contribution >= 4 is 11.6 Å². The molecule has 0 aliphatic carbocycles. The van der Waals surface area contributed by atoms with E-state index < -0.39 is 11.6 Å². The molecule has 0 aliphatic heterocycles. The SMILES string of the molecule is C#CC#CC#CC#CC#CC#CC#CC#CC#CC#CC#C.CC(C)(C)c1ccc(C(=O)C(=O)c2ccc(C(C)(C)C)cc2)cc1.O=O.[HH].[HH].[HH].[HH].[HH].[HH].[HH].[HH].[HH].[HH].[HH].[HH]. The minimum Gasteiger partial charge on any atom is -0.285 e. The molecule has 2 aromatic rings. The van der Waals surface area contributed by atoms with Crippen LogP contribution in [0.25, 0.3) is 0 Å². The van der Waals surface area contributed by atoms with Crippen LogP contribution in [0.3, 0.4) is 0 Å². The Morgan fingerprint density at radius 3 is 0.771 bits per heavy atom. The molecule has 0 aromatic heterocycles. The zero-order valence-electron chi connectivity index (χ0n) is 27.4. The van der Waals surface area contributed by atoms with Crippen LogP contribution in [0.4, 0.5) is 0 Å². The summed E-state index contributed by atoms with van der Waals surface area (Å²) in [6, 6.07) is 14.6. The minimum atomic E-state index is -0.459. The van der Waals surface area contributed by atoms with Gasteiger partial charge in [0.2, 0.25) is 11.6 Å². The number of hydrogen-bond acceptors (Lipinski definition) is 4. The number of terminal acetylenes is 2. The van der Waals surface area contributed by atoms with Crippen molar-refractivity contribution in [3.63, 3.8) is 0 Å². The summed E-state index contributed by atoms with van der Waals surface area (Å²) < 4.78 is 0. The summed E-state index contributed by atoms with van der Waals surface area (Å²) in [7, 11) is 0. The van der Waals surface area contributed by atoms with Gasteiger partial charge in [0.1, 0.15) is 0 Å². The first-order valence-corrected chi connectivity index (χ1v) is 13.8. The van der Waals surface area contributed by atoms with Crippen molar-refractivity contribution < 1.29 is 26.7 Å². The van der Waals surface area contributed by atoms with E-state index >= 15 is 0 Å². The first-order chi connectivity index (χ1) is 22.9. The van der Waals surface area contributed by atoms with E-state index in [0.29, 0.717) is 11.1 Å². The van der Waals surface area contributed by atoms with Crippen molar-refractivity contribution in [2.75, 3.05) is 0 Å². The van der Waals surface area contributed by atoms with Gasteiger partial charge in [0.05, 0.1) is 0 Å². The number of carbonyl (C=O) groups excluding carboxylic acids is 2. The van der Waals surface area contributed by atoms with Crippen LogP contribution in [-0.2, 0) is 10.8 Å². The maximum atomic E-state index is 12.4. The summed E-state index contributed by atoms with van der Waals surface area (Å²) in [5.41, 5.74) is 3.20. The van der Waals surface area contributed by atoms with Crippen molar-refractivity contribution in [3.05, 3.63) is 80.7 Å². The molecule has 4 heteroatoms. The van der Waals surface area contributed by atoms with Crippen molar-refractivity contribution in [1.82, 2.24) is 0 Å². The summed E-state index contributed by atoms with van der Waals surface area (Å²) in [6.45, 7) is 12.7. The molecule has 0 spiro atoms. The Morgan fingerprint density at radius 2 is 0.604 bits per heavy atom. The highest BCUT2D eigenvalue weighted by Crippen LogP contribution is 2.24. The van der Waals surface area contributed by atoms with Gasteiger partial charge in [-0.1, -0.05) is 90.1 Å². The van der Waals surface area contributed by atoms with E-state index in [1.807, 2.05) is 24.3 Å². The standard InChI is InChI=1S/C22H26O2.C22H2.O2.12H2/c1-21(2,3)17-11-7-15(8-12-17)19(23)20(24)16-9-13-18(14-10-16)22(4,5)6;1-3-5-7-9-11-13-15-17-19-21-22-20-18-16-14-12-10-8-6-4-2;1-2;;;;;;;;;;;;/h7-14H,1-6H3;1-2H;;12*1H. The van der Waals surface area contributed by atoms with Crippen LogP contribution in [-0.4, -0.2) is 11.6 Å². The number of ketones is 2. The van der Waals surface area contributed by atoms with Crippen LogP contribution in [0.2, 0.25) is 0 Å². The summed E-state index contributed by atoms with van der Waals surface area (Å²) in [5.74, 6) is 47.3. The molecule has 0 bridgehead atoms. The number of Topliss-reactive ketones (excluding diaryl/α,β-unsaturated/α-hetero) is 2. The lowest BCUT2D eigenvalue weighted by atomic mass is 9.85. The largest absolute Gasteiger partial charge is 0.285 e. The Balaban J connectivity index is -0.0000000540. The summed E-state index contributed by atoms with van der Waals surface area (Å²) >= 11 is 0. The average Bonchev–Trinajstić information content (AvgIpc) is 3.07. The second kappa shape index (κ2) is 23.0. The van der Waals surface area contributed by atoms with Crippen molar-refractivity contribution in [1.29, 1.82) is 0 Å². The Kier molecular flexibility index (Phi) is 19.4. The van der Waals surface area contributed by atoms with E-state index in [9.17, 15) is 9.59 Å². The molecule has 0 N–H and O–H groups in total. The van der Waals surface area contributed by atoms with E-state index in [2.05, 4.69) is 160 Å². The molecule has 252 valence electrons. The molecule has 0 amide bonds. The molecule has 0 atom stereocenters. The molecule has 2 rings (SSSR count). The third-order valence-electron chi connectivity index (χ3n) is 5.44. The fourth-order valence-corrected chi connectivity index (χ4v) is 3.08. The van der Waals surface area contributed by atoms with Gasteiger partial charge in [0.25, 0.3) is 0 Å². The predicted octanol–water partition coefficient (Wildman–Crippen LogP) is 8.65. The van der Waals surface area contributed by atoms with Gasteiger partial charge >= 0.3 is 0 Å². The van der Waals surface area contributed by atoms with Crippen LogP contribution in [0.5, 0.6) is 0 Å². The Labute approximate surface area is 302 Å². The van der Waals surface area contributed by atoms with E-state index in [1.165, 1.54) is 0 Å². The molecule has 0 fully saturated rings. The Bertz CT molecular complexity index is 2030. The van der Waals surface area contributed by atoms with Crippen LogP contribution >= 0.6 is 0 Å². The van der Waals surface area contributed by atoms with Gasteiger partial charge in [-0.3, -0.25) is 9.59 Å². The molecular formula is C44H52O4. The molecular weight excluding hydrogens is 592 g/mol. The van der Waals surface area contributed by atoms with Gasteiger partial charge in [0, 0.05) is 61.9 Å². The van der Waals surface area contributed by atoms with Crippen molar-refractivity contribution in [2.45, 2.75) is 52.4 Å². The quantitative estimate of drug-likeness (QED) is 0.191. The summed E-state index contributed by atoms with van der Waals surface area (Å²) in [5, 5.41) is 0. The van der Waals surface area contributed by atoms with Crippen molar-refractivity contribution in [3.8, 4) is 131 Å². The molecule has 0 saturated heterocycles. The van der Waals surface area contributed by atoms with Gasteiger partial charge in [-0.25, -0.2) is 0 Å². The average molecular weight is 645 g/mol. The summed E-state index contributed by atoms with van der Waals surface area (Å²) in [4.78, 5) is 38.9. The Morgan fingerprint density at radius 1 is 0.417 bits per heavy atom. The normalized spacial score (nSPS) is 7.83. The maximum absolute atomic E-state index is 12.4. The molecule has 2 aromatic carbocycles. The first-order valence-electron chi connectivity index (χ1n) is 13.8. The van der Waals surface area contributed by atoms with Gasteiger partial charge in [-0.05, 0) is 117 Å². The molecule has 48 heavy (non-hydrogen) atoms. The van der Waals surface area contributed by atoms with Gasteiger partial charge < -0.3 is 0 Å². The third kappa shape index (κ3) is 17.6. The zero-order valence-corrected chi connectivity index (χ0v) is 27.4.